The molecule has 1 aliphatic carbocycles. The molecule has 1 aromatic heterocycles. The number of rotatable bonds is 8. The van der Waals surface area contributed by atoms with E-state index in [0.717, 1.165) is 12.8 Å². The summed E-state index contributed by atoms with van der Waals surface area (Å²) in [7, 11) is 1.63. The molecule has 2 heterocycles. The standard InChI is InChI=1S/C22H28FN5O3/c1-4-25-18(11-20(24)28-7-8-30-14(12-28)13-29-3)21-15-9-19(31-22(2)5-6-22)16(23)10-17(15)26-27-21/h4,9-11,14,24-25H,1,5-8,12-13H2,2-3H3,(H,26,27). The third-order valence-electron chi connectivity index (χ3n) is 5.55. The third kappa shape index (κ3) is 4.72. The van der Waals surface area contributed by atoms with Crippen molar-refractivity contribution in [2.45, 2.75) is 31.5 Å². The van der Waals surface area contributed by atoms with Crippen molar-refractivity contribution in [3.05, 3.63) is 42.5 Å². The predicted octanol–water partition coefficient (Wildman–Crippen LogP) is 3.03. The molecule has 8 nitrogen and oxygen atoms in total. The van der Waals surface area contributed by atoms with E-state index in [2.05, 4.69) is 22.1 Å². The fraction of sp³-hybridized carbons (Fsp3) is 0.455. The summed E-state index contributed by atoms with van der Waals surface area (Å²) in [6.45, 7) is 7.89. The molecular formula is C22H28FN5O3. The van der Waals surface area contributed by atoms with Crippen LogP contribution in [-0.2, 0) is 9.47 Å². The molecule has 1 saturated heterocycles. The molecule has 3 N–H and O–H groups in total. The first-order chi connectivity index (χ1) is 14.9. The molecule has 0 radical (unpaired) electrons. The van der Waals surface area contributed by atoms with Gasteiger partial charge in [0, 0.05) is 37.7 Å². The maximum Gasteiger partial charge on any atom is 0.167 e. The number of aromatic nitrogens is 2. The Hall–Kier alpha value is -2.91. The summed E-state index contributed by atoms with van der Waals surface area (Å²) < 4.78 is 31.2. The number of morpholine rings is 1. The van der Waals surface area contributed by atoms with Crippen molar-refractivity contribution in [1.82, 2.24) is 20.4 Å². The average molecular weight is 429 g/mol. The predicted molar refractivity (Wildman–Crippen MR) is 117 cm³/mol. The third-order valence-corrected chi connectivity index (χ3v) is 5.55. The van der Waals surface area contributed by atoms with Gasteiger partial charge in [-0.15, -0.1) is 0 Å². The molecule has 31 heavy (non-hydrogen) atoms. The van der Waals surface area contributed by atoms with Gasteiger partial charge in [0.15, 0.2) is 11.6 Å². The van der Waals surface area contributed by atoms with Gasteiger partial charge in [-0.05, 0) is 32.0 Å². The largest absolute Gasteiger partial charge is 0.484 e. The highest BCUT2D eigenvalue weighted by atomic mass is 19.1. The van der Waals surface area contributed by atoms with Crippen LogP contribution in [0.15, 0.2) is 31.0 Å². The van der Waals surface area contributed by atoms with Crippen LogP contribution in [0, 0.1) is 11.2 Å². The molecule has 0 bridgehead atoms. The number of aromatic amines is 1. The van der Waals surface area contributed by atoms with E-state index in [-0.39, 0.29) is 17.5 Å². The molecule has 1 atom stereocenters. The van der Waals surface area contributed by atoms with Gasteiger partial charge >= 0.3 is 0 Å². The Morgan fingerprint density at radius 3 is 3.03 bits per heavy atom. The van der Waals surface area contributed by atoms with Crippen molar-refractivity contribution >= 4 is 22.4 Å². The van der Waals surface area contributed by atoms with Gasteiger partial charge in [0.25, 0.3) is 0 Å². The Morgan fingerprint density at radius 2 is 2.32 bits per heavy atom. The summed E-state index contributed by atoms with van der Waals surface area (Å²) in [5.41, 5.74) is 1.40. The van der Waals surface area contributed by atoms with Gasteiger partial charge in [0.05, 0.1) is 30.5 Å². The highest BCUT2D eigenvalue weighted by Gasteiger charge is 2.40. The van der Waals surface area contributed by atoms with Gasteiger partial charge in [-0.3, -0.25) is 10.5 Å². The van der Waals surface area contributed by atoms with E-state index in [4.69, 9.17) is 19.6 Å². The lowest BCUT2D eigenvalue weighted by atomic mass is 10.1. The van der Waals surface area contributed by atoms with Crippen LogP contribution >= 0.6 is 0 Å². The molecule has 9 heteroatoms. The molecular weight excluding hydrogens is 401 g/mol. The molecule has 0 amide bonds. The summed E-state index contributed by atoms with van der Waals surface area (Å²) in [5, 5.41) is 19.6. The smallest absolute Gasteiger partial charge is 0.167 e. The highest BCUT2D eigenvalue weighted by Crippen LogP contribution is 2.41. The molecule has 4 rings (SSSR count). The minimum absolute atomic E-state index is 0.0824. The molecule has 2 aromatic rings. The number of fused-ring (bicyclic) bond motifs is 1. The van der Waals surface area contributed by atoms with Crippen LogP contribution in [-0.4, -0.2) is 66.1 Å². The van der Waals surface area contributed by atoms with E-state index in [1.165, 1.54) is 12.3 Å². The Kier molecular flexibility index (Phi) is 5.97. The summed E-state index contributed by atoms with van der Waals surface area (Å²) in [6.07, 6.45) is 4.96. The Bertz CT molecular complexity index is 1010. The van der Waals surface area contributed by atoms with Crippen LogP contribution in [0.25, 0.3) is 16.6 Å². The van der Waals surface area contributed by atoms with E-state index in [9.17, 15) is 4.39 Å². The second kappa shape index (κ2) is 8.68. The quantitative estimate of drug-likeness (QED) is 0.441. The summed E-state index contributed by atoms with van der Waals surface area (Å²) >= 11 is 0. The summed E-state index contributed by atoms with van der Waals surface area (Å²) in [5.74, 6) is 0.0935. The van der Waals surface area contributed by atoms with Crippen molar-refractivity contribution in [2.75, 3.05) is 33.4 Å². The van der Waals surface area contributed by atoms with Crippen LogP contribution in [0.2, 0.25) is 0 Å². The van der Waals surface area contributed by atoms with Gasteiger partial charge < -0.3 is 24.4 Å². The zero-order chi connectivity index (χ0) is 22.0. The van der Waals surface area contributed by atoms with E-state index < -0.39 is 5.82 Å². The van der Waals surface area contributed by atoms with Gasteiger partial charge in [0.1, 0.15) is 17.1 Å². The van der Waals surface area contributed by atoms with Crippen molar-refractivity contribution in [1.29, 1.82) is 5.41 Å². The monoisotopic (exact) mass is 429 g/mol. The zero-order valence-electron chi connectivity index (χ0n) is 17.8. The molecule has 1 aromatic carbocycles. The van der Waals surface area contributed by atoms with E-state index >= 15 is 0 Å². The summed E-state index contributed by atoms with van der Waals surface area (Å²) in [4.78, 5) is 1.93. The number of nitrogens with zero attached hydrogens (tertiary/aromatic N) is 2. The number of ether oxygens (including phenoxy) is 3. The van der Waals surface area contributed by atoms with Crippen molar-refractivity contribution in [3.63, 3.8) is 0 Å². The van der Waals surface area contributed by atoms with Gasteiger partial charge in [0.2, 0.25) is 0 Å². The van der Waals surface area contributed by atoms with Crippen molar-refractivity contribution in [2.24, 2.45) is 0 Å². The molecule has 1 aliphatic heterocycles. The van der Waals surface area contributed by atoms with Gasteiger partial charge in [-0.25, -0.2) is 4.39 Å². The first-order valence-electron chi connectivity index (χ1n) is 10.3. The number of methoxy groups -OCH3 is 1. The average Bonchev–Trinajstić information content (AvgIpc) is 3.33. The van der Waals surface area contributed by atoms with E-state index in [0.29, 0.717) is 54.4 Å². The first kappa shape index (κ1) is 21.3. The molecule has 2 aliphatic rings. The van der Waals surface area contributed by atoms with Crippen LogP contribution in [0.3, 0.4) is 0 Å². The lowest BCUT2D eigenvalue weighted by Gasteiger charge is -2.33. The normalized spacial score (nSPS) is 20.5. The van der Waals surface area contributed by atoms with Crippen LogP contribution in [0.5, 0.6) is 5.75 Å². The lowest BCUT2D eigenvalue weighted by Crippen LogP contribution is -2.46. The maximum absolute atomic E-state index is 14.5. The topological polar surface area (TPSA) is 95.5 Å². The lowest BCUT2D eigenvalue weighted by molar-refractivity contribution is -0.0439. The number of halogens is 1. The van der Waals surface area contributed by atoms with Crippen molar-refractivity contribution in [3.8, 4) is 5.75 Å². The molecule has 166 valence electrons. The molecule has 1 unspecified atom stereocenters. The van der Waals surface area contributed by atoms with Crippen LogP contribution < -0.4 is 10.1 Å². The van der Waals surface area contributed by atoms with Crippen LogP contribution in [0.1, 0.15) is 25.5 Å². The van der Waals surface area contributed by atoms with Gasteiger partial charge in [-0.1, -0.05) is 6.58 Å². The summed E-state index contributed by atoms with van der Waals surface area (Å²) in [6, 6.07) is 3.06. The Labute approximate surface area is 180 Å². The Balaban J connectivity index is 1.63. The van der Waals surface area contributed by atoms with E-state index in [1.54, 1.807) is 19.3 Å². The Morgan fingerprint density at radius 1 is 1.52 bits per heavy atom. The fourth-order valence-corrected chi connectivity index (χ4v) is 3.59. The zero-order valence-corrected chi connectivity index (χ0v) is 17.8. The minimum Gasteiger partial charge on any atom is -0.484 e. The number of nitrogens with one attached hydrogen (secondary N) is 3. The minimum atomic E-state index is -0.428. The maximum atomic E-state index is 14.5. The molecule has 0 spiro atoms. The van der Waals surface area contributed by atoms with E-state index in [1.807, 2.05) is 11.8 Å². The number of benzene rings is 1. The number of amidine groups is 1. The van der Waals surface area contributed by atoms with Gasteiger partial charge in [-0.2, -0.15) is 5.10 Å². The number of hydrogen-bond acceptors (Lipinski definition) is 6. The second-order valence-electron chi connectivity index (χ2n) is 8.14. The number of H-pyrrole nitrogens is 1. The molecule has 1 saturated carbocycles. The molecule has 2 fully saturated rings. The van der Waals surface area contributed by atoms with Crippen molar-refractivity contribution < 1.29 is 18.6 Å². The first-order valence-corrected chi connectivity index (χ1v) is 10.3. The second-order valence-corrected chi connectivity index (χ2v) is 8.14. The number of hydrogen-bond donors (Lipinski definition) is 3. The SMILES string of the molecule is C=CNC(=CC(=N)N1CCOC(COC)C1)c1n[nH]c2cc(F)c(OC3(C)CC3)cc12. The highest BCUT2D eigenvalue weighted by molar-refractivity contribution is 6.00. The van der Waals surface area contributed by atoms with Crippen LogP contribution in [0.4, 0.5) is 4.39 Å². The fourth-order valence-electron chi connectivity index (χ4n) is 3.59.